The molecule has 4 N–H and O–H groups in total. The maximum absolute atomic E-state index is 12.3. The van der Waals surface area contributed by atoms with Crippen molar-refractivity contribution in [2.45, 2.75) is 57.5 Å². The van der Waals surface area contributed by atoms with Crippen molar-refractivity contribution in [2.24, 2.45) is 11.8 Å². The predicted molar refractivity (Wildman–Crippen MR) is 341 cm³/mol. The number of nitrogens with one attached hydrogen (secondary N) is 1. The van der Waals surface area contributed by atoms with Gasteiger partial charge in [0.05, 0.1) is 33.7 Å². The van der Waals surface area contributed by atoms with E-state index in [1.165, 1.54) is 31.7 Å². The van der Waals surface area contributed by atoms with E-state index in [0.717, 1.165) is 131 Å². The second-order valence-electron chi connectivity index (χ2n) is 21.0. The highest BCUT2D eigenvalue weighted by Gasteiger charge is 2.20. The number of hydrogen-bond acceptors (Lipinski definition) is 15. The molecule has 0 radical (unpaired) electrons. The van der Waals surface area contributed by atoms with Gasteiger partial charge >= 0.3 is 0 Å². The van der Waals surface area contributed by atoms with Crippen LogP contribution in [0.4, 0.5) is 0 Å². The van der Waals surface area contributed by atoms with E-state index in [2.05, 4.69) is 47.1 Å². The first-order chi connectivity index (χ1) is 41.2. The first-order valence-electron chi connectivity index (χ1n) is 29.2. The number of aliphatic hydroxyl groups is 2. The van der Waals surface area contributed by atoms with Crippen molar-refractivity contribution in [3.05, 3.63) is 220 Å². The Labute approximate surface area is 509 Å². The van der Waals surface area contributed by atoms with Crippen LogP contribution in [0.15, 0.2) is 201 Å². The molecule has 4 aromatic carbocycles. The normalized spacial score (nSPS) is 14.9. The number of piperazine rings is 1. The number of aromatic hydroxyl groups is 1. The third-order valence-corrected chi connectivity index (χ3v) is 15.3. The number of ether oxygens (including phenoxy) is 1. The fourth-order valence-electron chi connectivity index (χ4n) is 10.2. The van der Waals surface area contributed by atoms with Crippen LogP contribution >= 0.6 is 24.0 Å². The SMILES string of the molecule is Cl.ClCc1ccccn1.O=c1cc(-c2ccc(O)cc2)oc2ccccc12.O=c1cc(-c2ccc(OCCN3CCN(Cc4ccccn4)CC3)cc2)oc2ccccc12.OCCC1CCN(Cc2ccccn2)CC1.OCCC1CCNCC1. The molecule has 85 heavy (non-hydrogen) atoms. The Bertz CT molecular complexity index is 3410. The van der Waals surface area contributed by atoms with Gasteiger partial charge in [0.15, 0.2) is 10.9 Å². The maximum atomic E-state index is 12.3. The van der Waals surface area contributed by atoms with E-state index in [0.29, 0.717) is 59.2 Å². The zero-order valence-electron chi connectivity index (χ0n) is 48.2. The van der Waals surface area contributed by atoms with Crippen LogP contribution in [0, 0.1) is 11.8 Å². The zero-order valence-corrected chi connectivity index (χ0v) is 49.7. The second kappa shape index (κ2) is 35.9. The van der Waals surface area contributed by atoms with Gasteiger partial charge in [0.25, 0.3) is 0 Å². The molecule has 3 fully saturated rings. The summed E-state index contributed by atoms with van der Waals surface area (Å²) in [6.45, 7) is 12.9. The summed E-state index contributed by atoms with van der Waals surface area (Å²) in [7, 11) is 0. The molecule has 5 aromatic heterocycles. The number of piperidine rings is 2. The summed E-state index contributed by atoms with van der Waals surface area (Å²) in [5.74, 6) is 4.08. The summed E-state index contributed by atoms with van der Waals surface area (Å²) in [5, 5.41) is 31.2. The molecule has 0 atom stereocenters. The Morgan fingerprint density at radius 1 is 0.529 bits per heavy atom. The quantitative estimate of drug-likeness (QED) is 0.0709. The van der Waals surface area contributed by atoms with Gasteiger partial charge in [-0.25, -0.2) is 0 Å². The van der Waals surface area contributed by atoms with E-state index in [-0.39, 0.29) is 29.0 Å². The Morgan fingerprint density at radius 3 is 1.42 bits per heavy atom. The van der Waals surface area contributed by atoms with Crippen molar-refractivity contribution in [3.63, 3.8) is 0 Å². The predicted octanol–water partition coefficient (Wildman–Crippen LogP) is 11.5. The number of likely N-dealkylation sites (tertiary alicyclic amines) is 1. The van der Waals surface area contributed by atoms with Crippen molar-refractivity contribution in [2.75, 3.05) is 78.7 Å². The van der Waals surface area contributed by atoms with Gasteiger partial charge in [-0.3, -0.25) is 39.2 Å². The maximum Gasteiger partial charge on any atom is 0.193 e. The fourth-order valence-corrected chi connectivity index (χ4v) is 10.3. The molecule has 17 heteroatoms. The topological polar surface area (TPSA) is 191 Å². The summed E-state index contributed by atoms with van der Waals surface area (Å²) < 4.78 is 17.6. The van der Waals surface area contributed by atoms with E-state index in [1.807, 2.05) is 103 Å². The molecule has 0 unspecified atom stereocenters. The van der Waals surface area contributed by atoms with Crippen LogP contribution in [0.3, 0.4) is 0 Å². The molecule has 9 aromatic rings. The van der Waals surface area contributed by atoms with Crippen LogP contribution < -0.4 is 20.9 Å². The average Bonchev–Trinajstić information content (AvgIpc) is 3.60. The first kappa shape index (κ1) is 65.2. The minimum Gasteiger partial charge on any atom is -0.508 e. The molecule has 3 saturated heterocycles. The van der Waals surface area contributed by atoms with Gasteiger partial charge in [0, 0.05) is 101 Å². The Hall–Kier alpha value is -7.31. The number of benzene rings is 4. The van der Waals surface area contributed by atoms with Gasteiger partial charge in [-0.05, 0) is 186 Å². The largest absolute Gasteiger partial charge is 0.508 e. The minimum atomic E-state index is -0.0695. The number of fused-ring (bicyclic) bond motifs is 2. The smallest absolute Gasteiger partial charge is 0.193 e. The van der Waals surface area contributed by atoms with Gasteiger partial charge in [0.1, 0.15) is 40.8 Å². The molecule has 0 spiro atoms. The van der Waals surface area contributed by atoms with E-state index in [1.54, 1.807) is 60.8 Å². The Balaban J connectivity index is 0.000000168. The average molecular weight is 1190 g/mol. The van der Waals surface area contributed by atoms with Crippen molar-refractivity contribution in [1.82, 2.24) is 35.0 Å². The first-order valence-corrected chi connectivity index (χ1v) is 29.7. The van der Waals surface area contributed by atoms with Crippen LogP contribution in [0.5, 0.6) is 11.5 Å². The fraction of sp³-hybridized carbons (Fsp3) is 0.338. The summed E-state index contributed by atoms with van der Waals surface area (Å²) >= 11 is 5.46. The number of alkyl halides is 1. The van der Waals surface area contributed by atoms with Crippen LogP contribution in [0.25, 0.3) is 44.6 Å². The lowest BCUT2D eigenvalue weighted by Crippen LogP contribution is -2.47. The number of aliphatic hydroxyl groups excluding tert-OH is 2. The molecule has 3 aliphatic heterocycles. The molecule has 12 rings (SSSR count). The minimum absolute atomic E-state index is 0. The summed E-state index contributed by atoms with van der Waals surface area (Å²) in [6, 6.07) is 49.6. The molecular weight excluding hydrogens is 1110 g/mol. The molecule has 0 amide bonds. The highest BCUT2D eigenvalue weighted by atomic mass is 35.5. The van der Waals surface area contributed by atoms with Gasteiger partial charge in [-0.1, -0.05) is 42.5 Å². The van der Waals surface area contributed by atoms with Gasteiger partial charge in [0.2, 0.25) is 0 Å². The van der Waals surface area contributed by atoms with Crippen molar-refractivity contribution >= 4 is 45.9 Å². The van der Waals surface area contributed by atoms with Crippen LogP contribution in [-0.4, -0.2) is 124 Å². The van der Waals surface area contributed by atoms with Crippen molar-refractivity contribution in [1.29, 1.82) is 0 Å². The third kappa shape index (κ3) is 21.6. The zero-order chi connectivity index (χ0) is 58.6. The molecular formula is C68H79Cl2N7O8. The summed E-state index contributed by atoms with van der Waals surface area (Å²) in [4.78, 5) is 44.4. The standard InChI is InChI=1S/C27H27N3O3.C15H10O3.C13H20N2O.C7H15NO.C6H6ClN.ClH/c31-25-19-27(33-26-7-2-1-6-24(25)26)21-8-10-23(11-9-21)32-18-17-29-13-15-30(16-14-29)20-22-5-3-4-12-28-22;16-11-7-5-10(6-8-11)15-9-13(17)12-3-1-2-4-14(12)18-15;16-10-6-12-4-8-15(9-5-12)11-13-3-1-2-7-14-13;9-6-3-7-1-4-8-5-2-7;7-5-6-3-1-2-4-8-6;/h1-12,19H,13-18,20H2;1-9,16H;1-3,7,12,16H,4-6,8-11H2;7-9H,1-6H2;1-4H,5H2;1H. The number of hydrogen-bond donors (Lipinski definition) is 4. The highest BCUT2D eigenvalue weighted by molar-refractivity contribution is 6.16. The van der Waals surface area contributed by atoms with Gasteiger partial charge in [-0.15, -0.1) is 24.0 Å². The lowest BCUT2D eigenvalue weighted by atomic mass is 9.94. The molecule has 0 aliphatic carbocycles. The van der Waals surface area contributed by atoms with Crippen LogP contribution in [0.1, 0.15) is 55.6 Å². The van der Waals surface area contributed by atoms with Gasteiger partial charge < -0.3 is 34.2 Å². The summed E-state index contributed by atoms with van der Waals surface area (Å²) in [5.41, 5.74) is 5.88. The number of nitrogens with zero attached hydrogens (tertiary/aromatic N) is 6. The van der Waals surface area contributed by atoms with E-state index in [9.17, 15) is 14.7 Å². The Morgan fingerprint density at radius 2 is 0.965 bits per heavy atom. The monoisotopic (exact) mass is 1190 g/mol. The summed E-state index contributed by atoms with van der Waals surface area (Å²) in [6.07, 6.45) is 12.3. The number of phenols is 1. The lowest BCUT2D eigenvalue weighted by Gasteiger charge is -2.34. The number of para-hydroxylation sites is 2. The van der Waals surface area contributed by atoms with E-state index in [4.69, 9.17) is 35.4 Å². The van der Waals surface area contributed by atoms with Crippen molar-refractivity contribution in [3.8, 4) is 34.1 Å². The molecule has 15 nitrogen and oxygen atoms in total. The second-order valence-corrected chi connectivity index (χ2v) is 21.3. The van der Waals surface area contributed by atoms with Gasteiger partial charge in [-0.2, -0.15) is 0 Å². The lowest BCUT2D eigenvalue weighted by molar-refractivity contribution is 0.111. The van der Waals surface area contributed by atoms with E-state index < -0.39 is 0 Å². The highest BCUT2D eigenvalue weighted by Crippen LogP contribution is 2.26. The number of aromatic nitrogens is 3. The third-order valence-electron chi connectivity index (χ3n) is 15.0. The van der Waals surface area contributed by atoms with E-state index >= 15 is 0 Å². The number of pyridine rings is 3. The molecule has 0 bridgehead atoms. The molecule has 448 valence electrons. The van der Waals surface area contributed by atoms with Crippen LogP contribution in [-0.2, 0) is 19.0 Å². The molecule has 0 saturated carbocycles. The Kier molecular flexibility index (Phi) is 27.5. The van der Waals surface area contributed by atoms with Crippen molar-refractivity contribution < 1.29 is 28.9 Å². The molecule has 3 aliphatic rings. The van der Waals surface area contributed by atoms with Crippen LogP contribution in [0.2, 0.25) is 0 Å². The number of phenolic OH excluding ortho intramolecular Hbond substituents is 1. The number of rotatable bonds is 15. The number of halogens is 2. The molecule has 8 heterocycles.